The van der Waals surface area contributed by atoms with Crippen molar-refractivity contribution in [2.24, 2.45) is 5.41 Å². The maximum atomic E-state index is 11.9. The van der Waals surface area contributed by atoms with Gasteiger partial charge in [0.05, 0.1) is 0 Å². The molecule has 0 aliphatic carbocycles. The van der Waals surface area contributed by atoms with E-state index in [4.69, 9.17) is 10.5 Å². The average molecular weight is 311 g/mol. The summed E-state index contributed by atoms with van der Waals surface area (Å²) in [5.74, 6) is 0.00861. The van der Waals surface area contributed by atoms with Crippen LogP contribution in [0.1, 0.15) is 45.1 Å². The fourth-order valence-corrected chi connectivity index (χ4v) is 1.55. The van der Waals surface area contributed by atoms with Gasteiger partial charge in [-0.1, -0.05) is 13.8 Å². The highest BCUT2D eigenvalue weighted by molar-refractivity contribution is 5.92. The summed E-state index contributed by atoms with van der Waals surface area (Å²) >= 11 is 0. The molecule has 124 valence electrons. The quantitative estimate of drug-likeness (QED) is 0.652. The zero-order valence-electron chi connectivity index (χ0n) is 13.7. The molecule has 1 rings (SSSR count). The van der Waals surface area contributed by atoms with Crippen LogP contribution in [0.5, 0.6) is 0 Å². The van der Waals surface area contributed by atoms with E-state index in [2.05, 4.69) is 20.8 Å². The van der Waals surface area contributed by atoms with Crippen LogP contribution in [0.4, 0.5) is 10.6 Å². The predicted molar refractivity (Wildman–Crippen MR) is 83.4 cm³/mol. The summed E-state index contributed by atoms with van der Waals surface area (Å²) in [5.41, 5.74) is 4.82. The molecule has 2 amide bonds. The maximum Gasteiger partial charge on any atom is 0.407 e. The van der Waals surface area contributed by atoms with E-state index in [9.17, 15) is 9.59 Å². The molecular weight excluding hydrogens is 286 g/mol. The lowest BCUT2D eigenvalue weighted by molar-refractivity contribution is 0.0506. The lowest BCUT2D eigenvalue weighted by atomic mass is 9.93. The van der Waals surface area contributed by atoms with Gasteiger partial charge in [-0.15, -0.1) is 0 Å². The standard InChI is InChI=1S/C14H25N5O3/c1-13(2,3)22-12(21)17-8-14(4,5)7-16-11(20)9-6-10(15)19-18-9/h6H,7-8H2,1-5H3,(H,16,20)(H,17,21)(H3,15,18,19). The van der Waals surface area contributed by atoms with Crippen LogP contribution in [-0.4, -0.2) is 40.9 Å². The Morgan fingerprint density at radius 2 is 1.82 bits per heavy atom. The topological polar surface area (TPSA) is 122 Å². The smallest absolute Gasteiger partial charge is 0.407 e. The molecule has 0 unspecified atom stereocenters. The van der Waals surface area contributed by atoms with Crippen LogP contribution in [0, 0.1) is 5.41 Å². The minimum absolute atomic E-state index is 0.230. The van der Waals surface area contributed by atoms with Gasteiger partial charge < -0.3 is 21.1 Å². The normalized spacial score (nSPS) is 11.9. The number of aromatic nitrogens is 2. The van der Waals surface area contributed by atoms with Crippen molar-refractivity contribution in [1.29, 1.82) is 0 Å². The first-order valence-electron chi connectivity index (χ1n) is 7.04. The van der Waals surface area contributed by atoms with Crippen LogP contribution in [0.15, 0.2) is 6.07 Å². The first kappa shape index (κ1) is 17.8. The van der Waals surface area contributed by atoms with Gasteiger partial charge in [0.2, 0.25) is 0 Å². The fourth-order valence-electron chi connectivity index (χ4n) is 1.55. The first-order valence-corrected chi connectivity index (χ1v) is 7.04. The molecule has 1 aromatic heterocycles. The molecule has 0 bridgehead atoms. The second-order valence-corrected chi connectivity index (χ2v) is 6.91. The van der Waals surface area contributed by atoms with Gasteiger partial charge in [0, 0.05) is 19.2 Å². The highest BCUT2D eigenvalue weighted by Gasteiger charge is 2.23. The van der Waals surface area contributed by atoms with Crippen LogP contribution < -0.4 is 16.4 Å². The van der Waals surface area contributed by atoms with Crippen molar-refractivity contribution >= 4 is 17.8 Å². The highest BCUT2D eigenvalue weighted by Crippen LogP contribution is 2.13. The summed E-state index contributed by atoms with van der Waals surface area (Å²) < 4.78 is 5.17. The lowest BCUT2D eigenvalue weighted by Gasteiger charge is -2.26. The summed E-state index contributed by atoms with van der Waals surface area (Å²) in [6, 6.07) is 1.46. The van der Waals surface area contributed by atoms with E-state index in [1.165, 1.54) is 6.07 Å². The lowest BCUT2D eigenvalue weighted by Crippen LogP contribution is -2.43. The second-order valence-electron chi connectivity index (χ2n) is 6.91. The SMILES string of the molecule is CC(C)(CNC(=O)OC(C)(C)C)CNC(=O)c1cc(N)[nH]n1. The molecular formula is C14H25N5O3. The largest absolute Gasteiger partial charge is 0.444 e. The van der Waals surface area contributed by atoms with Crippen LogP contribution in [0.2, 0.25) is 0 Å². The number of nitrogens with one attached hydrogen (secondary N) is 3. The molecule has 0 aromatic carbocycles. The van der Waals surface area contributed by atoms with Gasteiger partial charge in [-0.05, 0) is 26.2 Å². The van der Waals surface area contributed by atoms with E-state index in [1.54, 1.807) is 20.8 Å². The zero-order chi connectivity index (χ0) is 17.0. The molecule has 0 atom stereocenters. The van der Waals surface area contributed by atoms with Crippen molar-refractivity contribution in [2.45, 2.75) is 40.2 Å². The van der Waals surface area contributed by atoms with Crippen molar-refractivity contribution in [3.8, 4) is 0 Å². The van der Waals surface area contributed by atoms with Gasteiger partial charge in [-0.2, -0.15) is 5.10 Å². The third-order valence-corrected chi connectivity index (χ3v) is 2.67. The van der Waals surface area contributed by atoms with E-state index in [0.29, 0.717) is 18.9 Å². The third-order valence-electron chi connectivity index (χ3n) is 2.67. The van der Waals surface area contributed by atoms with E-state index in [0.717, 1.165) is 0 Å². The van der Waals surface area contributed by atoms with Crippen LogP contribution >= 0.6 is 0 Å². The average Bonchev–Trinajstić information content (AvgIpc) is 2.79. The molecule has 0 saturated heterocycles. The Hall–Kier alpha value is -2.25. The molecule has 5 N–H and O–H groups in total. The van der Waals surface area contributed by atoms with Crippen molar-refractivity contribution in [2.75, 3.05) is 18.8 Å². The molecule has 22 heavy (non-hydrogen) atoms. The number of nitrogen functional groups attached to an aromatic ring is 1. The van der Waals surface area contributed by atoms with Crippen molar-refractivity contribution in [3.05, 3.63) is 11.8 Å². The van der Waals surface area contributed by atoms with E-state index in [-0.39, 0.29) is 17.0 Å². The Bertz CT molecular complexity index is 531. The molecule has 8 heteroatoms. The molecule has 0 radical (unpaired) electrons. The number of hydrogen-bond donors (Lipinski definition) is 4. The van der Waals surface area contributed by atoms with Gasteiger partial charge >= 0.3 is 6.09 Å². The Morgan fingerprint density at radius 1 is 1.23 bits per heavy atom. The second kappa shape index (κ2) is 6.67. The van der Waals surface area contributed by atoms with Crippen LogP contribution in [0.3, 0.4) is 0 Å². The van der Waals surface area contributed by atoms with Crippen LogP contribution in [-0.2, 0) is 4.74 Å². The zero-order valence-corrected chi connectivity index (χ0v) is 13.7. The Balaban J connectivity index is 2.40. The van der Waals surface area contributed by atoms with E-state index in [1.807, 2.05) is 13.8 Å². The molecule has 0 aliphatic rings. The van der Waals surface area contributed by atoms with Gasteiger partial charge in [0.25, 0.3) is 5.91 Å². The van der Waals surface area contributed by atoms with Crippen LogP contribution in [0.25, 0.3) is 0 Å². The first-order chi connectivity index (χ1) is 9.98. The highest BCUT2D eigenvalue weighted by atomic mass is 16.6. The Kier molecular flexibility index (Phi) is 5.40. The maximum absolute atomic E-state index is 11.9. The summed E-state index contributed by atoms with van der Waals surface area (Å²) in [6.07, 6.45) is -0.480. The van der Waals surface area contributed by atoms with E-state index >= 15 is 0 Å². The minimum Gasteiger partial charge on any atom is -0.444 e. The molecule has 1 heterocycles. The Morgan fingerprint density at radius 3 is 2.32 bits per heavy atom. The molecule has 0 aliphatic heterocycles. The fraction of sp³-hybridized carbons (Fsp3) is 0.643. The number of carbonyl (C=O) groups is 2. The number of alkyl carbamates (subject to hydrolysis) is 1. The number of aromatic amines is 1. The Labute approximate surface area is 130 Å². The summed E-state index contributed by atoms with van der Waals surface area (Å²) in [7, 11) is 0. The van der Waals surface area contributed by atoms with Gasteiger partial charge in [-0.25, -0.2) is 4.79 Å². The van der Waals surface area contributed by atoms with E-state index < -0.39 is 11.7 Å². The number of nitrogens with two attached hydrogens (primary N) is 1. The summed E-state index contributed by atoms with van der Waals surface area (Å²) in [5, 5.41) is 11.7. The summed E-state index contributed by atoms with van der Waals surface area (Å²) in [4.78, 5) is 23.5. The van der Waals surface area contributed by atoms with Gasteiger partial charge in [0.1, 0.15) is 11.4 Å². The van der Waals surface area contributed by atoms with Gasteiger partial charge in [-0.3, -0.25) is 9.89 Å². The number of anilines is 1. The number of carbonyl (C=O) groups excluding carboxylic acids is 2. The number of rotatable bonds is 5. The monoisotopic (exact) mass is 311 g/mol. The summed E-state index contributed by atoms with van der Waals surface area (Å²) in [6.45, 7) is 9.97. The van der Waals surface area contributed by atoms with Crippen molar-refractivity contribution in [1.82, 2.24) is 20.8 Å². The number of amides is 2. The van der Waals surface area contributed by atoms with Gasteiger partial charge in [0.15, 0.2) is 5.69 Å². The molecule has 0 fully saturated rings. The molecule has 8 nitrogen and oxygen atoms in total. The molecule has 1 aromatic rings. The minimum atomic E-state index is -0.539. The number of hydrogen-bond acceptors (Lipinski definition) is 5. The number of ether oxygens (including phenoxy) is 1. The number of H-pyrrole nitrogens is 1. The molecule has 0 saturated carbocycles. The molecule has 0 spiro atoms. The number of nitrogens with zero attached hydrogens (tertiary/aromatic N) is 1. The predicted octanol–water partition coefficient (Wildman–Crippen LogP) is 1.27. The van der Waals surface area contributed by atoms with Crippen molar-refractivity contribution in [3.63, 3.8) is 0 Å². The third kappa shape index (κ3) is 6.47. The van der Waals surface area contributed by atoms with Crippen molar-refractivity contribution < 1.29 is 14.3 Å².